The number of hydrogen-bond donors (Lipinski definition) is 0. The van der Waals surface area contributed by atoms with Crippen LogP contribution in [0.2, 0.25) is 5.02 Å². The largest absolute Gasteiger partial charge is 0.300 e. The molecule has 2 aromatic carbocycles. The number of Topliss-reactive ketones (excluding diaryl/α,β-unsaturated/α-hetero) is 3. The van der Waals surface area contributed by atoms with E-state index in [2.05, 4.69) is 9.97 Å². The standard InChI is InChI=1S/C27H24ClFN2O3/c1-15-8-19(27-30-13-20(28)14-31-27)9-16(2)24(15)25-23(33)12-18(26(25)34)11-22(32)7-6-17-4-3-5-21(29)10-17/h3-5,8-10,13-14,18,25H,6-7,11-12H2,1-2H3. The zero-order chi connectivity index (χ0) is 24.4. The van der Waals surface area contributed by atoms with Gasteiger partial charge in [-0.05, 0) is 66.8 Å². The summed E-state index contributed by atoms with van der Waals surface area (Å²) in [5, 5.41) is 0.437. The van der Waals surface area contributed by atoms with Gasteiger partial charge in [-0.2, -0.15) is 0 Å². The SMILES string of the molecule is Cc1cc(-c2ncc(Cl)cn2)cc(C)c1C1C(=O)CC(CC(=O)CCc2cccc(F)c2)C1=O. The van der Waals surface area contributed by atoms with Crippen molar-refractivity contribution in [2.75, 3.05) is 0 Å². The molecule has 1 aromatic heterocycles. The lowest BCUT2D eigenvalue weighted by atomic mass is 9.85. The molecule has 3 aromatic rings. The van der Waals surface area contributed by atoms with Crippen LogP contribution in [0, 0.1) is 25.6 Å². The predicted octanol–water partition coefficient (Wildman–Crippen LogP) is 5.39. The molecule has 1 saturated carbocycles. The van der Waals surface area contributed by atoms with Gasteiger partial charge in [-0.25, -0.2) is 14.4 Å². The minimum absolute atomic E-state index is 0.0329. The van der Waals surface area contributed by atoms with Crippen molar-refractivity contribution in [1.29, 1.82) is 0 Å². The van der Waals surface area contributed by atoms with Crippen molar-refractivity contribution in [1.82, 2.24) is 9.97 Å². The Kier molecular flexibility index (Phi) is 6.98. The average molecular weight is 479 g/mol. The van der Waals surface area contributed by atoms with E-state index in [4.69, 9.17) is 11.6 Å². The topological polar surface area (TPSA) is 77.0 Å². The summed E-state index contributed by atoms with van der Waals surface area (Å²) in [6.07, 6.45) is 3.74. The van der Waals surface area contributed by atoms with Crippen molar-refractivity contribution in [3.05, 3.63) is 81.9 Å². The van der Waals surface area contributed by atoms with Gasteiger partial charge in [0.2, 0.25) is 0 Å². The number of halogens is 2. The molecule has 7 heteroatoms. The van der Waals surface area contributed by atoms with Crippen LogP contribution < -0.4 is 0 Å². The first kappa shape index (κ1) is 23.9. The lowest BCUT2D eigenvalue weighted by Crippen LogP contribution is -2.19. The van der Waals surface area contributed by atoms with Gasteiger partial charge in [0, 0.05) is 43.1 Å². The Hall–Kier alpha value is -3.25. The Labute approximate surface area is 202 Å². The lowest BCUT2D eigenvalue weighted by molar-refractivity contribution is -0.127. The normalized spacial score (nSPS) is 17.9. The van der Waals surface area contributed by atoms with Gasteiger partial charge in [-0.1, -0.05) is 23.7 Å². The van der Waals surface area contributed by atoms with Crippen LogP contribution in [0.1, 0.15) is 47.4 Å². The van der Waals surface area contributed by atoms with E-state index in [1.165, 1.54) is 24.5 Å². The molecule has 0 saturated heterocycles. The molecule has 1 heterocycles. The van der Waals surface area contributed by atoms with Crippen molar-refractivity contribution >= 4 is 29.0 Å². The first-order chi connectivity index (χ1) is 16.2. The molecular formula is C27H24ClFN2O3. The number of benzene rings is 2. The van der Waals surface area contributed by atoms with E-state index in [-0.39, 0.29) is 42.4 Å². The zero-order valence-corrected chi connectivity index (χ0v) is 19.7. The number of rotatable bonds is 7. The Balaban J connectivity index is 1.48. The monoisotopic (exact) mass is 478 g/mol. The zero-order valence-electron chi connectivity index (χ0n) is 19.0. The van der Waals surface area contributed by atoms with Crippen LogP contribution in [0.15, 0.2) is 48.8 Å². The Morgan fingerprint density at radius 1 is 1.09 bits per heavy atom. The number of aromatic nitrogens is 2. The van der Waals surface area contributed by atoms with Crippen LogP contribution in [0.4, 0.5) is 4.39 Å². The molecule has 0 radical (unpaired) electrons. The smallest absolute Gasteiger partial charge is 0.159 e. The fourth-order valence-electron chi connectivity index (χ4n) is 4.71. The number of aryl methyl sites for hydroxylation is 3. The van der Waals surface area contributed by atoms with Gasteiger partial charge in [0.05, 0.1) is 5.02 Å². The van der Waals surface area contributed by atoms with Crippen LogP contribution in [0.3, 0.4) is 0 Å². The Morgan fingerprint density at radius 2 is 1.76 bits per heavy atom. The molecule has 0 amide bonds. The molecule has 4 rings (SSSR count). The highest BCUT2D eigenvalue weighted by Gasteiger charge is 2.43. The molecule has 2 atom stereocenters. The second-order valence-electron chi connectivity index (χ2n) is 8.82. The van der Waals surface area contributed by atoms with Crippen LogP contribution in [-0.4, -0.2) is 27.3 Å². The molecule has 0 bridgehead atoms. The van der Waals surface area contributed by atoms with Crippen molar-refractivity contribution in [2.24, 2.45) is 5.92 Å². The Morgan fingerprint density at radius 3 is 2.41 bits per heavy atom. The van der Waals surface area contributed by atoms with E-state index in [1.807, 2.05) is 26.0 Å². The van der Waals surface area contributed by atoms with E-state index < -0.39 is 11.8 Å². The highest BCUT2D eigenvalue weighted by Crippen LogP contribution is 2.38. The average Bonchev–Trinajstić information content (AvgIpc) is 3.05. The molecule has 174 valence electrons. The first-order valence-electron chi connectivity index (χ1n) is 11.1. The second kappa shape index (κ2) is 9.94. The molecule has 5 nitrogen and oxygen atoms in total. The predicted molar refractivity (Wildman–Crippen MR) is 127 cm³/mol. The van der Waals surface area contributed by atoms with Gasteiger partial charge in [0.25, 0.3) is 0 Å². The molecule has 34 heavy (non-hydrogen) atoms. The molecule has 0 N–H and O–H groups in total. The third-order valence-corrected chi connectivity index (χ3v) is 6.47. The summed E-state index contributed by atoms with van der Waals surface area (Å²) in [7, 11) is 0. The molecule has 0 spiro atoms. The van der Waals surface area contributed by atoms with E-state index in [9.17, 15) is 18.8 Å². The summed E-state index contributed by atoms with van der Waals surface area (Å²) in [6, 6.07) is 9.85. The third kappa shape index (κ3) is 5.12. The minimum atomic E-state index is -0.860. The van der Waals surface area contributed by atoms with Crippen molar-refractivity contribution in [3.63, 3.8) is 0 Å². The summed E-state index contributed by atoms with van der Waals surface area (Å²) in [5.74, 6) is -1.77. The van der Waals surface area contributed by atoms with Crippen LogP contribution in [0.5, 0.6) is 0 Å². The summed E-state index contributed by atoms with van der Waals surface area (Å²) in [5.41, 5.74) is 3.81. The van der Waals surface area contributed by atoms with Gasteiger partial charge >= 0.3 is 0 Å². The highest BCUT2D eigenvalue weighted by molar-refractivity contribution is 6.30. The maximum atomic E-state index is 13.3. The number of nitrogens with zero attached hydrogens (tertiary/aromatic N) is 2. The quantitative estimate of drug-likeness (QED) is 0.426. The summed E-state index contributed by atoms with van der Waals surface area (Å²) >= 11 is 5.87. The molecule has 0 aliphatic heterocycles. The number of carbonyl (C=O) groups excluding carboxylic acids is 3. The van der Waals surface area contributed by atoms with E-state index >= 15 is 0 Å². The van der Waals surface area contributed by atoms with Gasteiger partial charge in [0.1, 0.15) is 23.3 Å². The van der Waals surface area contributed by atoms with Crippen molar-refractivity contribution in [3.8, 4) is 11.4 Å². The summed E-state index contributed by atoms with van der Waals surface area (Å²) in [6.45, 7) is 3.72. The summed E-state index contributed by atoms with van der Waals surface area (Å²) < 4.78 is 13.3. The molecular weight excluding hydrogens is 455 g/mol. The fourth-order valence-corrected chi connectivity index (χ4v) is 4.80. The van der Waals surface area contributed by atoms with E-state index in [0.717, 1.165) is 22.3 Å². The fraction of sp³-hybridized carbons (Fsp3) is 0.296. The maximum absolute atomic E-state index is 13.3. The van der Waals surface area contributed by atoms with Gasteiger partial charge in [-0.3, -0.25) is 14.4 Å². The summed E-state index contributed by atoms with van der Waals surface area (Å²) in [4.78, 5) is 47.1. The van der Waals surface area contributed by atoms with Crippen LogP contribution in [0.25, 0.3) is 11.4 Å². The number of ketones is 3. The van der Waals surface area contributed by atoms with Gasteiger partial charge in [0.15, 0.2) is 11.6 Å². The van der Waals surface area contributed by atoms with Crippen LogP contribution >= 0.6 is 11.6 Å². The molecule has 1 aliphatic carbocycles. The Bertz CT molecular complexity index is 1250. The third-order valence-electron chi connectivity index (χ3n) is 6.27. The van der Waals surface area contributed by atoms with E-state index in [1.54, 1.807) is 12.1 Å². The number of hydrogen-bond acceptors (Lipinski definition) is 5. The molecule has 1 fully saturated rings. The number of carbonyl (C=O) groups is 3. The van der Waals surface area contributed by atoms with Crippen molar-refractivity contribution < 1.29 is 18.8 Å². The highest BCUT2D eigenvalue weighted by atomic mass is 35.5. The van der Waals surface area contributed by atoms with Gasteiger partial charge < -0.3 is 0 Å². The van der Waals surface area contributed by atoms with Crippen molar-refractivity contribution in [2.45, 2.75) is 45.4 Å². The van der Waals surface area contributed by atoms with Crippen LogP contribution in [-0.2, 0) is 20.8 Å². The maximum Gasteiger partial charge on any atom is 0.159 e. The first-order valence-corrected chi connectivity index (χ1v) is 11.5. The van der Waals surface area contributed by atoms with E-state index in [0.29, 0.717) is 22.8 Å². The lowest BCUT2D eigenvalue weighted by Gasteiger charge is -2.17. The molecule has 2 unspecified atom stereocenters. The van der Waals surface area contributed by atoms with Gasteiger partial charge in [-0.15, -0.1) is 0 Å². The minimum Gasteiger partial charge on any atom is -0.300 e. The second-order valence-corrected chi connectivity index (χ2v) is 9.26. The molecule has 1 aliphatic rings.